The fourth-order valence-corrected chi connectivity index (χ4v) is 5.32. The number of pyridine rings is 1. The molecular formula is C26H25ClF3N9O. The van der Waals surface area contributed by atoms with Crippen LogP contribution in [0.4, 0.5) is 30.6 Å². The number of nitrogens with one attached hydrogen (secondary N) is 2. The molecule has 40 heavy (non-hydrogen) atoms. The predicted octanol–water partition coefficient (Wildman–Crippen LogP) is 6.03. The monoisotopic (exact) mass is 571 g/mol. The van der Waals surface area contributed by atoms with Gasteiger partial charge in [-0.2, -0.15) is 23.3 Å². The summed E-state index contributed by atoms with van der Waals surface area (Å²) >= 11 is 6.73. The summed E-state index contributed by atoms with van der Waals surface area (Å²) in [5, 5.41) is 10.5. The van der Waals surface area contributed by atoms with Gasteiger partial charge in [0.05, 0.1) is 30.4 Å². The first-order valence-corrected chi connectivity index (χ1v) is 12.9. The van der Waals surface area contributed by atoms with Gasteiger partial charge in [0.25, 0.3) is 0 Å². The maximum atomic E-state index is 13.8. The van der Waals surface area contributed by atoms with Crippen LogP contribution in [0.2, 0.25) is 5.02 Å². The third kappa shape index (κ3) is 4.64. The van der Waals surface area contributed by atoms with Crippen LogP contribution in [0, 0.1) is 0 Å². The van der Waals surface area contributed by atoms with E-state index in [1.54, 1.807) is 47.8 Å². The molecule has 4 aromatic heterocycles. The molecule has 0 bridgehead atoms. The van der Waals surface area contributed by atoms with Crippen molar-refractivity contribution in [3.63, 3.8) is 0 Å². The van der Waals surface area contributed by atoms with E-state index in [0.29, 0.717) is 33.8 Å². The number of alkyl halides is 3. The van der Waals surface area contributed by atoms with Crippen LogP contribution in [-0.2, 0) is 13.2 Å². The van der Waals surface area contributed by atoms with Crippen LogP contribution in [0.25, 0.3) is 16.7 Å². The molecule has 1 unspecified atom stereocenters. The van der Waals surface area contributed by atoms with Crippen molar-refractivity contribution in [1.82, 2.24) is 34.0 Å². The molecule has 208 valence electrons. The number of benzene rings is 1. The van der Waals surface area contributed by atoms with Gasteiger partial charge in [-0.15, -0.1) is 0 Å². The van der Waals surface area contributed by atoms with Crippen molar-refractivity contribution in [2.45, 2.75) is 25.1 Å². The van der Waals surface area contributed by atoms with Crippen LogP contribution in [0.15, 0.2) is 43.0 Å². The van der Waals surface area contributed by atoms with Crippen LogP contribution >= 0.6 is 11.6 Å². The number of anilines is 3. The Bertz CT molecular complexity index is 1730. The number of ether oxygens (including phenoxy) is 1. The summed E-state index contributed by atoms with van der Waals surface area (Å²) in [4.78, 5) is 15.2. The molecule has 5 aromatic rings. The first-order valence-electron chi connectivity index (χ1n) is 12.5. The summed E-state index contributed by atoms with van der Waals surface area (Å²) in [6.07, 6.45) is 3.56. The van der Waals surface area contributed by atoms with Gasteiger partial charge in [-0.25, -0.2) is 14.5 Å². The molecule has 1 fully saturated rings. The van der Waals surface area contributed by atoms with E-state index < -0.39 is 11.7 Å². The van der Waals surface area contributed by atoms with Gasteiger partial charge >= 0.3 is 6.18 Å². The van der Waals surface area contributed by atoms with Crippen molar-refractivity contribution in [2.24, 2.45) is 7.05 Å². The molecule has 1 aliphatic rings. The second-order valence-electron chi connectivity index (χ2n) is 9.67. The molecular weight excluding hydrogens is 547 g/mol. The number of hydrogen-bond acceptors (Lipinski definition) is 8. The molecule has 1 atom stereocenters. The summed E-state index contributed by atoms with van der Waals surface area (Å²) in [5.41, 5.74) is 1.55. The summed E-state index contributed by atoms with van der Waals surface area (Å²) in [5.74, 6) is 1.61. The first-order chi connectivity index (χ1) is 19.1. The maximum absolute atomic E-state index is 13.8. The third-order valence-corrected chi connectivity index (χ3v) is 7.46. The van der Waals surface area contributed by atoms with Gasteiger partial charge < -0.3 is 19.9 Å². The largest absolute Gasteiger partial charge is 0.450 e. The molecule has 0 spiro atoms. The van der Waals surface area contributed by atoms with Crippen molar-refractivity contribution >= 4 is 45.7 Å². The average molecular weight is 572 g/mol. The van der Waals surface area contributed by atoms with Crippen molar-refractivity contribution < 1.29 is 17.9 Å². The lowest BCUT2D eigenvalue weighted by atomic mass is 10.0. The van der Waals surface area contributed by atoms with Gasteiger partial charge in [0.2, 0.25) is 5.95 Å². The topological polar surface area (TPSA) is 97.4 Å². The van der Waals surface area contributed by atoms with Gasteiger partial charge in [-0.3, -0.25) is 4.90 Å². The van der Waals surface area contributed by atoms with E-state index in [1.165, 1.54) is 12.3 Å². The van der Waals surface area contributed by atoms with Crippen LogP contribution in [-0.4, -0.2) is 54.7 Å². The van der Waals surface area contributed by atoms with Crippen LogP contribution in [0.3, 0.4) is 0 Å². The van der Waals surface area contributed by atoms with Crippen molar-refractivity contribution in [3.8, 4) is 11.5 Å². The van der Waals surface area contributed by atoms with Gasteiger partial charge in [0.15, 0.2) is 17.1 Å². The second kappa shape index (κ2) is 9.82. The van der Waals surface area contributed by atoms with E-state index in [-0.39, 0.29) is 28.4 Å². The van der Waals surface area contributed by atoms with Crippen molar-refractivity contribution in [1.29, 1.82) is 0 Å². The van der Waals surface area contributed by atoms with E-state index in [0.717, 1.165) is 25.5 Å². The maximum Gasteiger partial charge on any atom is 0.416 e. The lowest BCUT2D eigenvalue weighted by Gasteiger charge is -2.22. The van der Waals surface area contributed by atoms with E-state index in [4.69, 9.17) is 16.3 Å². The molecule has 1 saturated heterocycles. The Hall–Kier alpha value is -4.10. The standard InChI is InChI=1S/C26H25ClF3N9O/c1-31-21-13-39-18(10-32-21)19(12-34-39)40-20-11-33-24-23(22(20)27)38(3)25(36-24)35-16-8-14(17-5-4-6-37(17)2)7-15(9-16)26(28,29)30/h7-13,17,31H,4-6H2,1-3H3,(H,33,35,36). The zero-order valence-corrected chi connectivity index (χ0v) is 22.5. The Morgan fingerprint density at radius 3 is 2.62 bits per heavy atom. The Labute approximate surface area is 231 Å². The Kier molecular flexibility index (Phi) is 6.42. The molecule has 5 heterocycles. The second-order valence-corrected chi connectivity index (χ2v) is 10.0. The minimum Gasteiger partial charge on any atom is -0.450 e. The molecule has 0 aliphatic carbocycles. The highest BCUT2D eigenvalue weighted by Gasteiger charge is 2.33. The number of hydrogen-bond donors (Lipinski definition) is 2. The van der Waals surface area contributed by atoms with E-state index in [2.05, 4.69) is 35.6 Å². The summed E-state index contributed by atoms with van der Waals surface area (Å²) in [6, 6.07) is 3.96. The minimum absolute atomic E-state index is 0.0842. The number of aryl methyl sites for hydroxylation is 1. The van der Waals surface area contributed by atoms with Crippen LogP contribution in [0.5, 0.6) is 11.5 Å². The lowest BCUT2D eigenvalue weighted by molar-refractivity contribution is -0.137. The first kappa shape index (κ1) is 26.1. The zero-order valence-electron chi connectivity index (χ0n) is 21.8. The van der Waals surface area contributed by atoms with E-state index >= 15 is 0 Å². The Balaban J connectivity index is 1.34. The number of aromatic nitrogens is 6. The van der Waals surface area contributed by atoms with Crippen LogP contribution < -0.4 is 15.4 Å². The Morgan fingerprint density at radius 2 is 1.90 bits per heavy atom. The van der Waals surface area contributed by atoms with Gasteiger partial charge in [-0.05, 0) is 50.2 Å². The number of nitrogens with zero attached hydrogens (tertiary/aromatic N) is 7. The van der Waals surface area contributed by atoms with Gasteiger partial charge in [0, 0.05) is 25.8 Å². The van der Waals surface area contributed by atoms with E-state index in [1.807, 2.05) is 7.05 Å². The molecule has 1 aromatic carbocycles. The molecule has 6 rings (SSSR count). The quantitative estimate of drug-likeness (QED) is 0.255. The lowest BCUT2D eigenvalue weighted by Crippen LogP contribution is -2.18. The van der Waals surface area contributed by atoms with Gasteiger partial charge in [-0.1, -0.05) is 11.6 Å². The number of rotatable bonds is 6. The number of imidazole rings is 1. The predicted molar refractivity (Wildman–Crippen MR) is 145 cm³/mol. The molecule has 1 aliphatic heterocycles. The smallest absolute Gasteiger partial charge is 0.416 e. The zero-order chi connectivity index (χ0) is 28.2. The van der Waals surface area contributed by atoms with E-state index in [9.17, 15) is 13.2 Å². The number of fused-ring (bicyclic) bond motifs is 2. The fraction of sp³-hybridized carbons (Fsp3) is 0.308. The molecule has 14 heteroatoms. The summed E-state index contributed by atoms with van der Waals surface area (Å²) < 4.78 is 50.7. The van der Waals surface area contributed by atoms with Crippen molar-refractivity contribution in [2.75, 3.05) is 31.3 Å². The highest BCUT2D eigenvalue weighted by molar-refractivity contribution is 6.36. The Morgan fingerprint density at radius 1 is 1.07 bits per heavy atom. The molecule has 0 amide bonds. The normalized spacial score (nSPS) is 16.2. The summed E-state index contributed by atoms with van der Waals surface area (Å²) in [6.45, 7) is 0.839. The highest BCUT2D eigenvalue weighted by atomic mass is 35.5. The molecule has 0 radical (unpaired) electrons. The molecule has 2 N–H and O–H groups in total. The van der Waals surface area contributed by atoms with Crippen LogP contribution in [0.1, 0.15) is 30.0 Å². The van der Waals surface area contributed by atoms with Crippen molar-refractivity contribution in [3.05, 3.63) is 59.1 Å². The minimum atomic E-state index is -4.49. The number of halogens is 4. The molecule has 10 nitrogen and oxygen atoms in total. The number of likely N-dealkylation sites (tertiary alicyclic amines) is 1. The summed E-state index contributed by atoms with van der Waals surface area (Å²) in [7, 11) is 5.38. The fourth-order valence-electron chi connectivity index (χ4n) is 5.02. The average Bonchev–Trinajstić information content (AvgIpc) is 3.62. The SMILES string of the molecule is CNc1cn2ncc(Oc3cnc4nc(Nc5cc(C6CCCN6C)cc(C(F)(F)F)c5)n(C)c4c3Cl)c2cn1. The van der Waals surface area contributed by atoms with Gasteiger partial charge in [0.1, 0.15) is 21.9 Å². The third-order valence-electron chi connectivity index (χ3n) is 7.09. The molecule has 0 saturated carbocycles. The highest BCUT2D eigenvalue weighted by Crippen LogP contribution is 2.39.